The molecule has 136 valence electrons. The number of carbonyl (C=O) groups is 1. The molecule has 0 bridgehead atoms. The van der Waals surface area contributed by atoms with Crippen LogP contribution in [0.15, 0.2) is 48.5 Å². The van der Waals surface area contributed by atoms with Gasteiger partial charge < -0.3 is 9.64 Å². The molecule has 0 radical (unpaired) electrons. The number of likely N-dealkylation sites (N-methyl/N-ethyl adjacent to an activating group) is 1. The second-order valence-electron chi connectivity index (χ2n) is 6.34. The van der Waals surface area contributed by atoms with E-state index in [-0.39, 0.29) is 5.91 Å². The standard InChI is InChI=1S/C20H23N3O2S/c1-22(2)12-13-23(20-21-17-6-4-5-7-18(17)26-20)19(24)14-15-8-10-16(25-3)11-9-15/h4-11H,12-14H2,1-3H3. The number of amides is 1. The summed E-state index contributed by atoms with van der Waals surface area (Å²) < 4.78 is 6.27. The Morgan fingerprint density at radius 2 is 1.81 bits per heavy atom. The van der Waals surface area contributed by atoms with Crippen molar-refractivity contribution in [3.63, 3.8) is 0 Å². The van der Waals surface area contributed by atoms with Crippen LogP contribution in [0, 0.1) is 0 Å². The maximum absolute atomic E-state index is 13.0. The van der Waals surface area contributed by atoms with Gasteiger partial charge in [-0.25, -0.2) is 4.98 Å². The molecule has 0 spiro atoms. The van der Waals surface area contributed by atoms with Crippen LogP contribution >= 0.6 is 11.3 Å². The van der Waals surface area contributed by atoms with Gasteiger partial charge in [0.05, 0.1) is 23.7 Å². The van der Waals surface area contributed by atoms with Gasteiger partial charge in [-0.15, -0.1) is 0 Å². The summed E-state index contributed by atoms with van der Waals surface area (Å²) in [6.45, 7) is 1.39. The Balaban J connectivity index is 1.82. The lowest BCUT2D eigenvalue weighted by Gasteiger charge is -2.22. The van der Waals surface area contributed by atoms with Crippen LogP contribution in [0.1, 0.15) is 5.56 Å². The second kappa shape index (κ2) is 8.29. The predicted octanol–water partition coefficient (Wildman–Crippen LogP) is 3.44. The highest BCUT2D eigenvalue weighted by Crippen LogP contribution is 2.29. The number of fused-ring (bicyclic) bond motifs is 1. The fraction of sp³-hybridized carbons (Fsp3) is 0.300. The third-order valence-electron chi connectivity index (χ3n) is 4.10. The normalized spacial score (nSPS) is 11.1. The fourth-order valence-electron chi connectivity index (χ4n) is 2.62. The van der Waals surface area contributed by atoms with Crippen LogP contribution in [-0.4, -0.2) is 50.1 Å². The molecule has 0 unspecified atom stereocenters. The third-order valence-corrected chi connectivity index (χ3v) is 5.16. The molecule has 1 aromatic heterocycles. The molecule has 1 amide bonds. The van der Waals surface area contributed by atoms with Crippen molar-refractivity contribution in [2.24, 2.45) is 0 Å². The van der Waals surface area contributed by atoms with Gasteiger partial charge >= 0.3 is 0 Å². The maximum Gasteiger partial charge on any atom is 0.233 e. The van der Waals surface area contributed by atoms with Crippen molar-refractivity contribution in [2.75, 3.05) is 39.2 Å². The summed E-state index contributed by atoms with van der Waals surface area (Å²) in [6, 6.07) is 15.6. The van der Waals surface area contributed by atoms with E-state index in [2.05, 4.69) is 9.88 Å². The van der Waals surface area contributed by atoms with Crippen molar-refractivity contribution in [3.05, 3.63) is 54.1 Å². The minimum Gasteiger partial charge on any atom is -0.497 e. The average molecular weight is 369 g/mol. The number of anilines is 1. The Labute approximate surface area is 157 Å². The van der Waals surface area contributed by atoms with Crippen LogP contribution in [0.3, 0.4) is 0 Å². The summed E-state index contributed by atoms with van der Waals surface area (Å²) in [5.74, 6) is 0.841. The summed E-state index contributed by atoms with van der Waals surface area (Å²) >= 11 is 1.56. The molecular formula is C20H23N3O2S. The highest BCUT2D eigenvalue weighted by Gasteiger charge is 2.20. The van der Waals surface area contributed by atoms with Gasteiger partial charge in [0.1, 0.15) is 5.75 Å². The van der Waals surface area contributed by atoms with Gasteiger partial charge in [-0.05, 0) is 43.9 Å². The molecule has 6 heteroatoms. The number of benzene rings is 2. The van der Waals surface area contributed by atoms with Crippen LogP contribution in [0.5, 0.6) is 5.75 Å². The molecule has 0 fully saturated rings. The Morgan fingerprint density at radius 3 is 2.46 bits per heavy atom. The Kier molecular flexibility index (Phi) is 5.85. The van der Waals surface area contributed by atoms with E-state index in [1.165, 1.54) is 0 Å². The van der Waals surface area contributed by atoms with E-state index in [9.17, 15) is 4.79 Å². The van der Waals surface area contributed by atoms with Gasteiger partial charge in [0.15, 0.2) is 5.13 Å². The van der Waals surface area contributed by atoms with Crippen LogP contribution in [0.25, 0.3) is 10.2 Å². The van der Waals surface area contributed by atoms with E-state index < -0.39 is 0 Å². The number of para-hydroxylation sites is 1. The summed E-state index contributed by atoms with van der Waals surface area (Å²) in [5, 5.41) is 0.756. The van der Waals surface area contributed by atoms with Gasteiger partial charge in [0.2, 0.25) is 5.91 Å². The molecule has 0 aliphatic carbocycles. The molecule has 3 aromatic rings. The Hall–Kier alpha value is -2.44. The van der Waals surface area contributed by atoms with Crippen molar-refractivity contribution in [1.29, 1.82) is 0 Å². The van der Waals surface area contributed by atoms with E-state index in [1.54, 1.807) is 23.3 Å². The lowest BCUT2D eigenvalue weighted by Crippen LogP contribution is -2.37. The molecule has 5 nitrogen and oxygen atoms in total. The van der Waals surface area contributed by atoms with Crippen LogP contribution < -0.4 is 9.64 Å². The van der Waals surface area contributed by atoms with Gasteiger partial charge in [-0.3, -0.25) is 9.69 Å². The van der Waals surface area contributed by atoms with Gasteiger partial charge in [-0.1, -0.05) is 35.6 Å². The van der Waals surface area contributed by atoms with Crippen molar-refractivity contribution < 1.29 is 9.53 Å². The number of aromatic nitrogens is 1. The Bertz CT molecular complexity index is 841. The number of carbonyl (C=O) groups excluding carboxylic acids is 1. The third kappa shape index (κ3) is 4.39. The predicted molar refractivity (Wildman–Crippen MR) is 107 cm³/mol. The van der Waals surface area contributed by atoms with E-state index >= 15 is 0 Å². The summed E-state index contributed by atoms with van der Waals surface area (Å²) in [6.07, 6.45) is 0.341. The first kappa shape index (κ1) is 18.4. The summed E-state index contributed by atoms with van der Waals surface area (Å²) in [7, 11) is 5.64. The monoisotopic (exact) mass is 369 g/mol. The molecule has 0 N–H and O–H groups in total. The number of hydrogen-bond acceptors (Lipinski definition) is 5. The first-order valence-electron chi connectivity index (χ1n) is 8.50. The molecule has 0 atom stereocenters. The largest absolute Gasteiger partial charge is 0.497 e. The Morgan fingerprint density at radius 1 is 1.08 bits per heavy atom. The van der Waals surface area contributed by atoms with Crippen LogP contribution in [-0.2, 0) is 11.2 Å². The topological polar surface area (TPSA) is 45.7 Å². The fourth-order valence-corrected chi connectivity index (χ4v) is 3.62. The van der Waals surface area contributed by atoms with Crippen molar-refractivity contribution in [1.82, 2.24) is 9.88 Å². The quantitative estimate of drug-likeness (QED) is 0.640. The molecule has 2 aromatic carbocycles. The van der Waals surface area contributed by atoms with Crippen molar-refractivity contribution >= 4 is 32.6 Å². The van der Waals surface area contributed by atoms with Gasteiger partial charge in [0, 0.05) is 13.1 Å². The number of methoxy groups -OCH3 is 1. The molecule has 0 saturated heterocycles. The van der Waals surface area contributed by atoms with Gasteiger partial charge in [0.25, 0.3) is 0 Å². The molecule has 3 rings (SSSR count). The highest BCUT2D eigenvalue weighted by molar-refractivity contribution is 7.22. The SMILES string of the molecule is COc1ccc(CC(=O)N(CCN(C)C)c2nc3ccccc3s2)cc1. The zero-order valence-electron chi connectivity index (χ0n) is 15.3. The zero-order valence-corrected chi connectivity index (χ0v) is 16.1. The second-order valence-corrected chi connectivity index (χ2v) is 7.35. The number of ether oxygens (including phenoxy) is 1. The first-order valence-corrected chi connectivity index (χ1v) is 9.32. The smallest absolute Gasteiger partial charge is 0.233 e. The molecule has 0 aliphatic heterocycles. The molecule has 0 aliphatic rings. The minimum absolute atomic E-state index is 0.0519. The first-order chi connectivity index (χ1) is 12.6. The maximum atomic E-state index is 13.0. The van der Waals surface area contributed by atoms with Crippen LogP contribution in [0.2, 0.25) is 0 Å². The lowest BCUT2D eigenvalue weighted by atomic mass is 10.1. The molecule has 26 heavy (non-hydrogen) atoms. The van der Waals surface area contributed by atoms with Gasteiger partial charge in [-0.2, -0.15) is 0 Å². The minimum atomic E-state index is 0.0519. The summed E-state index contributed by atoms with van der Waals surface area (Å²) in [5.41, 5.74) is 1.89. The summed E-state index contributed by atoms with van der Waals surface area (Å²) in [4.78, 5) is 21.5. The van der Waals surface area contributed by atoms with Crippen molar-refractivity contribution in [2.45, 2.75) is 6.42 Å². The zero-order chi connectivity index (χ0) is 18.5. The molecule has 1 heterocycles. The van der Waals surface area contributed by atoms with Crippen LogP contribution in [0.4, 0.5) is 5.13 Å². The van der Waals surface area contributed by atoms with E-state index in [4.69, 9.17) is 4.74 Å². The molecular weight excluding hydrogens is 346 g/mol. The number of hydrogen-bond donors (Lipinski definition) is 0. The number of thiazole rings is 1. The van der Waals surface area contributed by atoms with E-state index in [0.717, 1.165) is 33.2 Å². The lowest BCUT2D eigenvalue weighted by molar-refractivity contribution is -0.118. The van der Waals surface area contributed by atoms with E-state index in [1.807, 2.05) is 62.6 Å². The van der Waals surface area contributed by atoms with Crippen molar-refractivity contribution in [3.8, 4) is 5.75 Å². The number of nitrogens with zero attached hydrogens (tertiary/aromatic N) is 3. The highest BCUT2D eigenvalue weighted by atomic mass is 32.1. The number of rotatable bonds is 7. The average Bonchev–Trinajstić information content (AvgIpc) is 3.06. The molecule has 0 saturated carbocycles. The van der Waals surface area contributed by atoms with E-state index in [0.29, 0.717) is 13.0 Å².